The first-order chi connectivity index (χ1) is 5.39. The van der Waals surface area contributed by atoms with E-state index in [1.807, 2.05) is 4.81 Å². The van der Waals surface area contributed by atoms with Gasteiger partial charge in [-0.25, -0.2) is 0 Å². The fourth-order valence-corrected chi connectivity index (χ4v) is 1.37. The van der Waals surface area contributed by atoms with Crippen molar-refractivity contribution in [1.82, 2.24) is 10.1 Å². The monoisotopic (exact) mass is 152 g/mol. The van der Waals surface area contributed by atoms with Crippen LogP contribution in [0.4, 0.5) is 0 Å². The van der Waals surface area contributed by atoms with Crippen LogP contribution in [0.3, 0.4) is 0 Å². The summed E-state index contributed by atoms with van der Waals surface area (Å²) in [5, 5.41) is 3.41. The van der Waals surface area contributed by atoms with Crippen molar-refractivity contribution in [3.63, 3.8) is 0 Å². The third-order valence-electron chi connectivity index (χ3n) is 2.10. The molecule has 3 heteroatoms. The molecule has 1 rings (SSSR count). The number of hydrogen-bond acceptors (Lipinski definition) is 2. The van der Waals surface area contributed by atoms with Crippen LogP contribution >= 0.6 is 0 Å². The van der Waals surface area contributed by atoms with E-state index in [1.54, 1.807) is 0 Å². The Morgan fingerprint density at radius 3 is 2.00 bits per heavy atom. The highest BCUT2D eigenvalue weighted by molar-refractivity contribution is 6.04. The Bertz CT molecular complexity index is 88.1. The topological polar surface area (TPSA) is 15.3 Å². The third kappa shape index (κ3) is 4.43. The van der Waals surface area contributed by atoms with Crippen LogP contribution < -0.4 is 5.32 Å². The van der Waals surface area contributed by atoms with Crippen LogP contribution in [0, 0.1) is 0 Å². The normalized spacial score (nSPS) is 24.7. The predicted octanol–water partition coefficient (Wildman–Crippen LogP) is 0.535. The van der Waals surface area contributed by atoms with Crippen LogP contribution in [0.1, 0.15) is 25.7 Å². The maximum atomic E-state index is 5.74. The molecule has 62 valence electrons. The largest absolute Gasteiger partial charge is 0.353 e. The van der Waals surface area contributed by atoms with Gasteiger partial charge in [-0.1, -0.05) is 0 Å². The minimum absolute atomic E-state index is 1.06. The van der Waals surface area contributed by atoms with Gasteiger partial charge in [-0.3, -0.25) is 0 Å². The lowest BCUT2D eigenvalue weighted by molar-refractivity contribution is 0.401. The van der Waals surface area contributed by atoms with Crippen LogP contribution in [0.5, 0.6) is 0 Å². The Morgan fingerprint density at radius 2 is 1.45 bits per heavy atom. The van der Waals surface area contributed by atoms with Gasteiger partial charge in [0.1, 0.15) is 0 Å². The van der Waals surface area contributed by atoms with Gasteiger partial charge in [-0.15, -0.1) is 0 Å². The molecule has 0 aliphatic carbocycles. The summed E-state index contributed by atoms with van der Waals surface area (Å²) in [6.07, 6.45) is 4.97. The van der Waals surface area contributed by atoms with Crippen LogP contribution in [-0.4, -0.2) is 39.0 Å². The second-order valence-electron chi connectivity index (χ2n) is 3.20. The van der Waals surface area contributed by atoms with E-state index >= 15 is 0 Å². The van der Waals surface area contributed by atoms with Crippen molar-refractivity contribution in [1.29, 1.82) is 0 Å². The lowest BCUT2D eigenvalue weighted by atomic mass is 10.1. The Hall–Kier alpha value is -0.0151. The molecule has 0 atom stereocenters. The first-order valence-electron chi connectivity index (χ1n) is 4.60. The van der Waals surface area contributed by atoms with Crippen molar-refractivity contribution in [2.45, 2.75) is 25.7 Å². The van der Waals surface area contributed by atoms with Gasteiger partial charge in [0, 0.05) is 0 Å². The maximum Gasteiger partial charge on any atom is 0.182 e. The molecule has 1 saturated heterocycles. The van der Waals surface area contributed by atoms with Gasteiger partial charge in [0.05, 0.1) is 0 Å². The SMILES string of the molecule is [B]N1CCCCNCCCC1. The van der Waals surface area contributed by atoms with Gasteiger partial charge in [0.25, 0.3) is 0 Å². The number of hydrogen-bond donors (Lipinski definition) is 1. The molecule has 1 aliphatic rings. The van der Waals surface area contributed by atoms with E-state index in [-0.39, 0.29) is 0 Å². The van der Waals surface area contributed by atoms with E-state index in [0.717, 1.165) is 26.2 Å². The molecule has 2 nitrogen and oxygen atoms in total. The number of nitrogens with one attached hydrogen (secondary N) is 1. The molecule has 2 radical (unpaired) electrons. The highest BCUT2D eigenvalue weighted by Crippen LogP contribution is 1.97. The van der Waals surface area contributed by atoms with Gasteiger partial charge in [0.15, 0.2) is 7.98 Å². The van der Waals surface area contributed by atoms with Crippen molar-refractivity contribution in [3.8, 4) is 0 Å². The van der Waals surface area contributed by atoms with E-state index in [2.05, 4.69) is 5.32 Å². The molecular weight excluding hydrogens is 135 g/mol. The fourth-order valence-electron chi connectivity index (χ4n) is 1.37. The first kappa shape index (κ1) is 9.08. The van der Waals surface area contributed by atoms with Crippen molar-refractivity contribution in [3.05, 3.63) is 0 Å². The molecule has 11 heavy (non-hydrogen) atoms. The van der Waals surface area contributed by atoms with E-state index in [1.165, 1.54) is 25.7 Å². The van der Waals surface area contributed by atoms with Gasteiger partial charge < -0.3 is 10.1 Å². The Kier molecular flexibility index (Phi) is 4.63. The van der Waals surface area contributed by atoms with Crippen LogP contribution in [0.15, 0.2) is 0 Å². The third-order valence-corrected chi connectivity index (χ3v) is 2.10. The Balaban J connectivity index is 2.12. The minimum atomic E-state index is 1.06. The van der Waals surface area contributed by atoms with Crippen LogP contribution in [0.2, 0.25) is 0 Å². The fraction of sp³-hybridized carbons (Fsp3) is 1.00. The van der Waals surface area contributed by atoms with Gasteiger partial charge >= 0.3 is 0 Å². The van der Waals surface area contributed by atoms with Crippen molar-refractivity contribution in [2.75, 3.05) is 26.2 Å². The summed E-state index contributed by atoms with van der Waals surface area (Å²) in [6, 6.07) is 0. The summed E-state index contributed by atoms with van der Waals surface area (Å²) in [6.45, 7) is 4.44. The summed E-state index contributed by atoms with van der Waals surface area (Å²) >= 11 is 0. The van der Waals surface area contributed by atoms with Crippen LogP contribution in [-0.2, 0) is 0 Å². The molecule has 0 aromatic carbocycles. The van der Waals surface area contributed by atoms with Crippen molar-refractivity contribution >= 4 is 7.98 Å². The molecule has 1 fully saturated rings. The number of nitrogens with zero attached hydrogens (tertiary/aromatic N) is 1. The summed E-state index contributed by atoms with van der Waals surface area (Å²) in [7, 11) is 5.74. The second kappa shape index (κ2) is 5.61. The first-order valence-corrected chi connectivity index (χ1v) is 4.60. The van der Waals surface area contributed by atoms with Gasteiger partial charge in [0.2, 0.25) is 0 Å². The molecule has 1 aliphatic heterocycles. The highest BCUT2D eigenvalue weighted by atomic mass is 15.0. The summed E-state index contributed by atoms with van der Waals surface area (Å²) in [5.74, 6) is 0. The van der Waals surface area contributed by atoms with E-state index in [0.29, 0.717) is 0 Å². The average molecular weight is 152 g/mol. The average Bonchev–Trinajstić information content (AvgIpc) is 2.03. The summed E-state index contributed by atoms with van der Waals surface area (Å²) in [5.41, 5.74) is 0. The molecule has 0 aromatic heterocycles. The van der Waals surface area contributed by atoms with Crippen LogP contribution in [0.25, 0.3) is 0 Å². The smallest absolute Gasteiger partial charge is 0.182 e. The van der Waals surface area contributed by atoms with Crippen molar-refractivity contribution < 1.29 is 0 Å². The second-order valence-corrected chi connectivity index (χ2v) is 3.20. The predicted molar refractivity (Wildman–Crippen MR) is 48.7 cm³/mol. The lowest BCUT2D eigenvalue weighted by Gasteiger charge is -2.18. The minimum Gasteiger partial charge on any atom is -0.353 e. The van der Waals surface area contributed by atoms with E-state index in [4.69, 9.17) is 7.98 Å². The molecule has 1 heterocycles. The molecular formula is C8H17BN2. The molecule has 0 saturated carbocycles. The quantitative estimate of drug-likeness (QED) is 0.509. The summed E-state index contributed by atoms with van der Waals surface area (Å²) < 4.78 is 0. The molecule has 0 aromatic rings. The molecule has 0 spiro atoms. The number of rotatable bonds is 0. The highest BCUT2D eigenvalue weighted by Gasteiger charge is 1.99. The standard InChI is InChI=1S/C8H17BN2/c9-11-7-3-1-5-10-6-2-4-8-11/h10H,1-8H2. The summed E-state index contributed by atoms with van der Waals surface area (Å²) in [4.78, 5) is 1.95. The zero-order chi connectivity index (χ0) is 7.94. The van der Waals surface area contributed by atoms with E-state index < -0.39 is 0 Å². The van der Waals surface area contributed by atoms with E-state index in [9.17, 15) is 0 Å². The molecule has 0 amide bonds. The Labute approximate surface area is 70.8 Å². The zero-order valence-corrected chi connectivity index (χ0v) is 7.18. The zero-order valence-electron chi connectivity index (χ0n) is 7.18. The molecule has 0 bridgehead atoms. The molecule has 0 unspecified atom stereocenters. The van der Waals surface area contributed by atoms with Crippen molar-refractivity contribution in [2.24, 2.45) is 0 Å². The molecule has 1 N–H and O–H groups in total. The Morgan fingerprint density at radius 1 is 0.909 bits per heavy atom. The van der Waals surface area contributed by atoms with Gasteiger partial charge in [-0.2, -0.15) is 0 Å². The van der Waals surface area contributed by atoms with Gasteiger partial charge in [-0.05, 0) is 51.9 Å². The lowest BCUT2D eigenvalue weighted by Crippen LogP contribution is -2.27. The maximum absolute atomic E-state index is 5.74.